The molecule has 6 heteroatoms. The maximum Gasteiger partial charge on any atom is 0.339 e. The van der Waals surface area contributed by atoms with Crippen LogP contribution < -0.4 is 4.90 Å². The Kier molecular flexibility index (Phi) is 5.94. The highest BCUT2D eigenvalue weighted by Crippen LogP contribution is 2.31. The molecule has 4 rings (SSSR count). The highest BCUT2D eigenvalue weighted by atomic mass is 16.5. The highest BCUT2D eigenvalue weighted by molar-refractivity contribution is 6.06. The van der Waals surface area contributed by atoms with Gasteiger partial charge in [-0.05, 0) is 49.9 Å². The number of amides is 1. The van der Waals surface area contributed by atoms with E-state index in [4.69, 9.17) is 15.0 Å². The normalized spacial score (nSPS) is 13.3. The topological polar surface area (TPSA) is 83.3 Å². The molecular formula is C25H23N3O3. The van der Waals surface area contributed by atoms with Crippen molar-refractivity contribution in [3.8, 4) is 6.07 Å². The molecule has 3 aromatic rings. The van der Waals surface area contributed by atoms with Crippen molar-refractivity contribution in [1.82, 2.24) is 4.98 Å². The van der Waals surface area contributed by atoms with E-state index in [2.05, 4.69) is 6.07 Å². The van der Waals surface area contributed by atoms with E-state index < -0.39 is 12.1 Å². The van der Waals surface area contributed by atoms with E-state index in [-0.39, 0.29) is 18.9 Å². The van der Waals surface area contributed by atoms with Gasteiger partial charge in [-0.2, -0.15) is 5.26 Å². The zero-order chi connectivity index (χ0) is 21.8. The number of ether oxygens (including phenoxy) is 1. The van der Waals surface area contributed by atoms with Crippen molar-refractivity contribution >= 4 is 28.5 Å². The molecule has 0 bridgehead atoms. The van der Waals surface area contributed by atoms with Gasteiger partial charge in [0.05, 0.1) is 23.6 Å². The van der Waals surface area contributed by atoms with Crippen molar-refractivity contribution in [2.75, 3.05) is 11.4 Å². The van der Waals surface area contributed by atoms with Gasteiger partial charge in [0.2, 0.25) is 0 Å². The number of fused-ring (bicyclic) bond motifs is 2. The van der Waals surface area contributed by atoms with Crippen LogP contribution in [-0.2, 0) is 22.4 Å². The Labute approximate surface area is 181 Å². The number of nitriles is 1. The minimum absolute atomic E-state index is 0.184. The van der Waals surface area contributed by atoms with Gasteiger partial charge in [-0.3, -0.25) is 9.78 Å². The first-order chi connectivity index (χ1) is 15.1. The van der Waals surface area contributed by atoms with Crippen LogP contribution >= 0.6 is 0 Å². The maximum atomic E-state index is 13.2. The summed E-state index contributed by atoms with van der Waals surface area (Å²) in [5.41, 5.74) is 3.80. The second kappa shape index (κ2) is 8.97. The first kappa shape index (κ1) is 20.5. The maximum absolute atomic E-state index is 13.2. The summed E-state index contributed by atoms with van der Waals surface area (Å²) < 4.78 is 5.67. The Morgan fingerprint density at radius 2 is 1.87 bits per heavy atom. The number of nitrogens with zero attached hydrogens (tertiary/aromatic N) is 3. The van der Waals surface area contributed by atoms with Gasteiger partial charge < -0.3 is 9.64 Å². The number of para-hydroxylation sites is 2. The number of hydrogen-bond acceptors (Lipinski definition) is 5. The molecular weight excluding hydrogens is 390 g/mol. The van der Waals surface area contributed by atoms with Gasteiger partial charge in [-0.25, -0.2) is 4.79 Å². The number of esters is 1. The Bertz CT molecular complexity index is 1170. The lowest BCUT2D eigenvalue weighted by atomic mass is 10.0. The van der Waals surface area contributed by atoms with Crippen LogP contribution in [0.15, 0.2) is 54.6 Å². The number of rotatable bonds is 6. The second-order valence-corrected chi connectivity index (χ2v) is 7.56. The van der Waals surface area contributed by atoms with Crippen LogP contribution in [0.5, 0.6) is 0 Å². The third-order valence-electron chi connectivity index (χ3n) is 5.54. The van der Waals surface area contributed by atoms with Gasteiger partial charge in [0, 0.05) is 23.3 Å². The molecule has 0 spiro atoms. The van der Waals surface area contributed by atoms with Gasteiger partial charge >= 0.3 is 5.97 Å². The fourth-order valence-electron chi connectivity index (χ4n) is 4.07. The summed E-state index contributed by atoms with van der Waals surface area (Å²) >= 11 is 0. The standard InChI is InChI=1S/C25H23N3O3/c1-17(24(29)28(16-8-15-26)18-9-3-2-4-10-18)31-25(30)23-19-11-5-6-13-21(19)27-22-14-7-12-20(22)23/h2-6,9-11,13,17H,7-8,12,14,16H2,1H3/t17-/m0/s1. The molecule has 1 amide bonds. The molecule has 0 saturated carbocycles. The van der Waals surface area contributed by atoms with Crippen molar-refractivity contribution in [2.24, 2.45) is 0 Å². The predicted molar refractivity (Wildman–Crippen MR) is 118 cm³/mol. The van der Waals surface area contributed by atoms with E-state index in [0.717, 1.165) is 41.4 Å². The van der Waals surface area contributed by atoms with Crippen LogP contribution in [0.4, 0.5) is 5.69 Å². The molecule has 0 unspecified atom stereocenters. The summed E-state index contributed by atoms with van der Waals surface area (Å²) in [4.78, 5) is 32.6. The molecule has 1 aromatic heterocycles. The van der Waals surface area contributed by atoms with Crippen LogP contribution in [0, 0.1) is 11.3 Å². The Morgan fingerprint density at radius 1 is 1.13 bits per heavy atom. The highest BCUT2D eigenvalue weighted by Gasteiger charge is 2.29. The molecule has 1 atom stereocenters. The van der Waals surface area contributed by atoms with Gasteiger partial charge in [0.1, 0.15) is 0 Å². The average Bonchev–Trinajstić information content (AvgIpc) is 3.26. The minimum Gasteiger partial charge on any atom is -0.449 e. The SMILES string of the molecule is C[C@H](OC(=O)c1c2c(nc3ccccc13)CCC2)C(=O)N(CCC#N)c1ccccc1. The molecule has 0 radical (unpaired) electrons. The molecule has 6 nitrogen and oxygen atoms in total. The first-order valence-corrected chi connectivity index (χ1v) is 10.4. The fraction of sp³-hybridized carbons (Fsp3) is 0.280. The van der Waals surface area contributed by atoms with E-state index in [1.807, 2.05) is 42.5 Å². The van der Waals surface area contributed by atoms with E-state index in [1.165, 1.54) is 4.90 Å². The predicted octanol–water partition coefficient (Wildman–Crippen LogP) is 4.22. The average molecular weight is 413 g/mol. The number of anilines is 1. The molecule has 1 aliphatic carbocycles. The Balaban J connectivity index is 1.61. The van der Waals surface area contributed by atoms with Crippen LogP contribution in [0.2, 0.25) is 0 Å². The van der Waals surface area contributed by atoms with Crippen molar-refractivity contribution < 1.29 is 14.3 Å². The molecule has 1 heterocycles. The summed E-state index contributed by atoms with van der Waals surface area (Å²) in [6, 6.07) is 18.7. The van der Waals surface area contributed by atoms with Gasteiger partial charge in [0.15, 0.2) is 6.10 Å². The number of aromatic nitrogens is 1. The zero-order valence-electron chi connectivity index (χ0n) is 17.4. The van der Waals surface area contributed by atoms with Gasteiger partial charge in [-0.15, -0.1) is 0 Å². The largest absolute Gasteiger partial charge is 0.449 e. The van der Waals surface area contributed by atoms with Crippen molar-refractivity contribution in [3.63, 3.8) is 0 Å². The molecule has 156 valence electrons. The van der Waals surface area contributed by atoms with Crippen LogP contribution in [-0.4, -0.2) is 29.5 Å². The van der Waals surface area contributed by atoms with Gasteiger partial charge in [0.25, 0.3) is 5.91 Å². The fourth-order valence-corrected chi connectivity index (χ4v) is 4.07. The zero-order valence-corrected chi connectivity index (χ0v) is 17.4. The van der Waals surface area contributed by atoms with Crippen LogP contribution in [0.1, 0.15) is 41.4 Å². The molecule has 2 aromatic carbocycles. The van der Waals surface area contributed by atoms with E-state index >= 15 is 0 Å². The van der Waals surface area contributed by atoms with Crippen molar-refractivity contribution in [2.45, 2.75) is 38.7 Å². The summed E-state index contributed by atoms with van der Waals surface area (Å²) in [6.07, 6.45) is 1.76. The van der Waals surface area contributed by atoms with E-state index in [0.29, 0.717) is 11.3 Å². The smallest absolute Gasteiger partial charge is 0.339 e. The molecule has 0 N–H and O–H groups in total. The number of benzene rings is 2. The molecule has 31 heavy (non-hydrogen) atoms. The van der Waals surface area contributed by atoms with Crippen molar-refractivity contribution in [1.29, 1.82) is 5.26 Å². The Morgan fingerprint density at radius 3 is 2.65 bits per heavy atom. The number of carbonyl (C=O) groups is 2. The van der Waals surface area contributed by atoms with Crippen LogP contribution in [0.25, 0.3) is 10.9 Å². The minimum atomic E-state index is -0.990. The second-order valence-electron chi connectivity index (χ2n) is 7.56. The number of hydrogen-bond donors (Lipinski definition) is 0. The third kappa shape index (κ3) is 4.13. The number of aryl methyl sites for hydroxylation is 1. The summed E-state index contributed by atoms with van der Waals surface area (Å²) in [5.74, 6) is -0.865. The summed E-state index contributed by atoms with van der Waals surface area (Å²) in [5, 5.41) is 9.73. The van der Waals surface area contributed by atoms with Crippen molar-refractivity contribution in [3.05, 3.63) is 71.4 Å². The molecule has 0 saturated heterocycles. The first-order valence-electron chi connectivity index (χ1n) is 10.4. The van der Waals surface area contributed by atoms with Gasteiger partial charge in [-0.1, -0.05) is 36.4 Å². The van der Waals surface area contributed by atoms with Crippen LogP contribution in [0.3, 0.4) is 0 Å². The summed E-state index contributed by atoms with van der Waals surface area (Å²) in [7, 11) is 0. The quantitative estimate of drug-likeness (QED) is 0.565. The van der Waals surface area contributed by atoms with E-state index in [1.54, 1.807) is 19.1 Å². The monoisotopic (exact) mass is 413 g/mol. The lowest BCUT2D eigenvalue weighted by Crippen LogP contribution is -2.40. The lowest BCUT2D eigenvalue weighted by molar-refractivity contribution is -0.126. The summed E-state index contributed by atoms with van der Waals surface area (Å²) in [6.45, 7) is 1.81. The molecule has 0 fully saturated rings. The molecule has 1 aliphatic rings. The van der Waals surface area contributed by atoms with E-state index in [9.17, 15) is 9.59 Å². The number of carbonyl (C=O) groups excluding carboxylic acids is 2. The lowest BCUT2D eigenvalue weighted by Gasteiger charge is -2.25. The Hall–Kier alpha value is -3.72. The third-order valence-corrected chi connectivity index (χ3v) is 5.54. The molecule has 0 aliphatic heterocycles. The number of pyridine rings is 1.